The van der Waals surface area contributed by atoms with E-state index in [2.05, 4.69) is 5.32 Å². The van der Waals surface area contributed by atoms with Crippen LogP contribution in [0.1, 0.15) is 32.4 Å². The second kappa shape index (κ2) is 7.50. The smallest absolute Gasteiger partial charge is 0.411 e. The van der Waals surface area contributed by atoms with Crippen LogP contribution in [0.4, 0.5) is 14.9 Å². The number of nitrogens with zero attached hydrogens (tertiary/aromatic N) is 1. The number of carbonyl (C=O) groups excluding carboxylic acids is 2. The van der Waals surface area contributed by atoms with Gasteiger partial charge in [0.15, 0.2) is 0 Å². The Labute approximate surface area is 163 Å². The molecular formula is C21H23FN2O4. The molecule has 6 nitrogen and oxygen atoms in total. The summed E-state index contributed by atoms with van der Waals surface area (Å²) in [6, 6.07) is 11.4. The number of hydrogen-bond donors (Lipinski definition) is 1. The molecule has 0 spiro atoms. The molecule has 2 amide bonds. The fraction of sp³-hybridized carbons (Fsp3) is 0.333. The minimum absolute atomic E-state index is 0.342. The maximum Gasteiger partial charge on any atom is 0.411 e. The van der Waals surface area contributed by atoms with Crippen LogP contribution in [0.5, 0.6) is 5.75 Å². The first-order valence-electron chi connectivity index (χ1n) is 8.91. The van der Waals surface area contributed by atoms with E-state index in [0.29, 0.717) is 17.0 Å². The first kappa shape index (κ1) is 19.7. The summed E-state index contributed by atoms with van der Waals surface area (Å²) in [4.78, 5) is 26.7. The predicted octanol–water partition coefficient (Wildman–Crippen LogP) is 4.13. The number of hydrogen-bond acceptors (Lipinski definition) is 4. The fourth-order valence-corrected chi connectivity index (χ4v) is 2.94. The first-order chi connectivity index (χ1) is 13.2. The number of rotatable bonds is 4. The molecule has 2 atom stereocenters. The van der Waals surface area contributed by atoms with Gasteiger partial charge in [0.25, 0.3) is 0 Å². The molecule has 148 valence electrons. The number of methoxy groups -OCH3 is 1. The Bertz CT molecular complexity index is 859. The molecule has 1 N–H and O–H groups in total. The van der Waals surface area contributed by atoms with E-state index in [0.717, 1.165) is 0 Å². The summed E-state index contributed by atoms with van der Waals surface area (Å²) in [5, 5.41) is 2.80. The number of amides is 2. The third-order valence-corrected chi connectivity index (χ3v) is 4.25. The van der Waals surface area contributed by atoms with Crippen LogP contribution in [0.2, 0.25) is 0 Å². The Morgan fingerprint density at radius 2 is 1.64 bits per heavy atom. The summed E-state index contributed by atoms with van der Waals surface area (Å²) in [6.07, 6.45) is -0.586. The normalized spacial score (nSPS) is 18.4. The number of halogens is 1. The fourth-order valence-electron chi connectivity index (χ4n) is 2.94. The van der Waals surface area contributed by atoms with E-state index < -0.39 is 23.8 Å². The average Bonchev–Trinajstić information content (AvgIpc) is 3.37. The van der Waals surface area contributed by atoms with Crippen molar-refractivity contribution in [3.63, 3.8) is 0 Å². The van der Waals surface area contributed by atoms with Gasteiger partial charge in [0, 0.05) is 5.69 Å². The zero-order valence-electron chi connectivity index (χ0n) is 16.2. The van der Waals surface area contributed by atoms with Crippen molar-refractivity contribution in [2.75, 3.05) is 12.4 Å². The van der Waals surface area contributed by atoms with Crippen LogP contribution in [0.15, 0.2) is 48.5 Å². The molecule has 2 aromatic rings. The van der Waals surface area contributed by atoms with Crippen LogP contribution < -0.4 is 10.1 Å². The summed E-state index contributed by atoms with van der Waals surface area (Å²) < 4.78 is 23.8. The Kier molecular flexibility index (Phi) is 5.27. The molecule has 0 aliphatic carbocycles. The number of nitrogens with one attached hydrogen (secondary N) is 1. The predicted molar refractivity (Wildman–Crippen MR) is 103 cm³/mol. The lowest BCUT2D eigenvalue weighted by Gasteiger charge is -2.20. The summed E-state index contributed by atoms with van der Waals surface area (Å²) in [5.74, 6) is -0.0539. The SMILES string of the molecule is COc1ccc(NC(=O)[C@@H]2[C@@H](c3ccc(F)cc3)N2C(=O)OC(C)(C)C)cc1. The summed E-state index contributed by atoms with van der Waals surface area (Å²) in [7, 11) is 1.56. The lowest BCUT2D eigenvalue weighted by molar-refractivity contribution is -0.116. The highest BCUT2D eigenvalue weighted by molar-refractivity contribution is 6.00. The number of carbonyl (C=O) groups is 2. The van der Waals surface area contributed by atoms with E-state index in [9.17, 15) is 14.0 Å². The second-order valence-corrected chi connectivity index (χ2v) is 7.55. The van der Waals surface area contributed by atoms with Gasteiger partial charge in [-0.25, -0.2) is 9.18 Å². The van der Waals surface area contributed by atoms with Crippen molar-refractivity contribution in [2.24, 2.45) is 0 Å². The van der Waals surface area contributed by atoms with Crippen LogP contribution in [0, 0.1) is 5.82 Å². The third-order valence-electron chi connectivity index (χ3n) is 4.25. The number of ether oxygens (including phenoxy) is 2. The lowest BCUT2D eigenvalue weighted by atomic mass is 10.1. The molecule has 0 aromatic heterocycles. The molecule has 1 aliphatic rings. The van der Waals surface area contributed by atoms with Crippen molar-refractivity contribution in [3.05, 3.63) is 59.9 Å². The maximum atomic E-state index is 13.3. The largest absolute Gasteiger partial charge is 0.497 e. The van der Waals surface area contributed by atoms with Gasteiger partial charge in [-0.1, -0.05) is 12.1 Å². The van der Waals surface area contributed by atoms with Gasteiger partial charge < -0.3 is 14.8 Å². The van der Waals surface area contributed by atoms with Gasteiger partial charge in [0.05, 0.1) is 13.2 Å². The van der Waals surface area contributed by atoms with Gasteiger partial charge >= 0.3 is 6.09 Å². The summed E-state index contributed by atoms with van der Waals surface area (Å²) in [5.41, 5.74) is 0.561. The van der Waals surface area contributed by atoms with Crippen LogP contribution in [0.25, 0.3) is 0 Å². The van der Waals surface area contributed by atoms with E-state index in [1.54, 1.807) is 64.3 Å². The number of anilines is 1. The minimum Gasteiger partial charge on any atom is -0.497 e. The van der Waals surface area contributed by atoms with E-state index >= 15 is 0 Å². The van der Waals surface area contributed by atoms with E-state index in [4.69, 9.17) is 9.47 Å². The second-order valence-electron chi connectivity index (χ2n) is 7.55. The molecule has 0 radical (unpaired) electrons. The van der Waals surface area contributed by atoms with Crippen molar-refractivity contribution < 1.29 is 23.5 Å². The van der Waals surface area contributed by atoms with Gasteiger partial charge in [-0.2, -0.15) is 0 Å². The van der Waals surface area contributed by atoms with E-state index in [1.807, 2.05) is 0 Å². The molecule has 1 heterocycles. The molecule has 0 saturated carbocycles. The van der Waals surface area contributed by atoms with E-state index in [1.165, 1.54) is 17.0 Å². The minimum atomic E-state index is -0.734. The number of benzene rings is 2. The molecule has 1 fully saturated rings. The maximum absolute atomic E-state index is 13.3. The Morgan fingerprint density at radius 1 is 1.04 bits per heavy atom. The van der Waals surface area contributed by atoms with Crippen molar-refractivity contribution >= 4 is 17.7 Å². The van der Waals surface area contributed by atoms with Crippen molar-refractivity contribution in [2.45, 2.75) is 38.5 Å². The van der Waals surface area contributed by atoms with Crippen LogP contribution in [-0.4, -0.2) is 35.7 Å². The van der Waals surface area contributed by atoms with Gasteiger partial charge in [0.1, 0.15) is 23.2 Å². The van der Waals surface area contributed by atoms with Gasteiger partial charge in [-0.05, 0) is 62.7 Å². The molecule has 3 rings (SSSR count). The Hall–Kier alpha value is -3.09. The average molecular weight is 386 g/mol. The first-order valence-corrected chi connectivity index (χ1v) is 8.91. The van der Waals surface area contributed by atoms with Gasteiger partial charge in [-0.15, -0.1) is 0 Å². The molecule has 1 saturated heterocycles. The molecule has 2 aromatic carbocycles. The van der Waals surface area contributed by atoms with Crippen molar-refractivity contribution in [3.8, 4) is 5.75 Å². The highest BCUT2D eigenvalue weighted by Crippen LogP contribution is 2.44. The highest BCUT2D eigenvalue weighted by Gasteiger charge is 2.57. The molecule has 28 heavy (non-hydrogen) atoms. The summed E-state index contributed by atoms with van der Waals surface area (Å²) in [6.45, 7) is 5.27. The van der Waals surface area contributed by atoms with Crippen LogP contribution in [0.3, 0.4) is 0 Å². The zero-order valence-corrected chi connectivity index (χ0v) is 16.2. The third kappa shape index (κ3) is 4.42. The van der Waals surface area contributed by atoms with Crippen LogP contribution >= 0.6 is 0 Å². The van der Waals surface area contributed by atoms with Crippen molar-refractivity contribution in [1.29, 1.82) is 0 Å². The van der Waals surface area contributed by atoms with Gasteiger partial charge in [-0.3, -0.25) is 9.69 Å². The van der Waals surface area contributed by atoms with E-state index in [-0.39, 0.29) is 11.7 Å². The quantitative estimate of drug-likeness (QED) is 0.802. The monoisotopic (exact) mass is 386 g/mol. The molecule has 1 aliphatic heterocycles. The highest BCUT2D eigenvalue weighted by atomic mass is 19.1. The topological polar surface area (TPSA) is 67.6 Å². The Morgan fingerprint density at radius 3 is 2.18 bits per heavy atom. The van der Waals surface area contributed by atoms with Crippen molar-refractivity contribution in [1.82, 2.24) is 4.90 Å². The molecule has 0 bridgehead atoms. The Balaban J connectivity index is 1.79. The molecule has 0 unspecified atom stereocenters. The molecular weight excluding hydrogens is 363 g/mol. The zero-order chi connectivity index (χ0) is 20.5. The molecule has 7 heteroatoms. The van der Waals surface area contributed by atoms with Gasteiger partial charge in [0.2, 0.25) is 5.91 Å². The lowest BCUT2D eigenvalue weighted by Crippen LogP contribution is -2.30. The summed E-state index contributed by atoms with van der Waals surface area (Å²) >= 11 is 0. The van der Waals surface area contributed by atoms with Crippen LogP contribution in [-0.2, 0) is 9.53 Å². The standard InChI is InChI=1S/C21H23FN2O4/c1-21(2,3)28-20(26)24-17(13-5-7-14(22)8-6-13)18(24)19(25)23-15-9-11-16(27-4)12-10-15/h5-12,17-18H,1-4H3,(H,23,25)/t17-,18+,24?/m1/s1.